The molecule has 2 heterocycles. The van der Waals surface area contributed by atoms with E-state index in [9.17, 15) is 21.6 Å². The average molecular weight is 470 g/mol. The van der Waals surface area contributed by atoms with E-state index in [-0.39, 0.29) is 48.6 Å². The van der Waals surface area contributed by atoms with Gasteiger partial charge < -0.3 is 4.90 Å². The molecule has 0 spiro atoms. The Bertz CT molecular complexity index is 1160. The molecule has 0 atom stereocenters. The van der Waals surface area contributed by atoms with Crippen molar-refractivity contribution < 1.29 is 21.6 Å². The maximum atomic E-state index is 12.9. The Morgan fingerprint density at radius 2 is 1.73 bits per heavy atom. The second-order valence-electron chi connectivity index (χ2n) is 7.48. The van der Waals surface area contributed by atoms with E-state index in [1.54, 1.807) is 29.2 Å². The van der Waals surface area contributed by atoms with Crippen LogP contribution >= 0.6 is 11.3 Å². The first kappa shape index (κ1) is 21.4. The normalized spacial score (nSPS) is 18.5. The summed E-state index contributed by atoms with van der Waals surface area (Å²) in [6, 6.07) is 9.34. The third-order valence-corrected chi connectivity index (χ3v) is 10.0. The van der Waals surface area contributed by atoms with Gasteiger partial charge in [0.2, 0.25) is 10.0 Å². The summed E-state index contributed by atoms with van der Waals surface area (Å²) < 4.78 is 54.6. The molecule has 0 bridgehead atoms. The van der Waals surface area contributed by atoms with Crippen LogP contribution in [0.3, 0.4) is 0 Å². The number of sulfonamides is 2. The Labute approximate surface area is 180 Å². The lowest BCUT2D eigenvalue weighted by Gasteiger charge is -2.33. The van der Waals surface area contributed by atoms with Gasteiger partial charge in [-0.05, 0) is 50.1 Å². The Kier molecular flexibility index (Phi) is 5.75. The number of carbonyl (C=O) groups is 1. The number of benzene rings is 1. The van der Waals surface area contributed by atoms with Crippen LogP contribution in [0.5, 0.6) is 0 Å². The number of nitrogens with one attached hydrogen (secondary N) is 1. The smallest absolute Gasteiger partial charge is 0.253 e. The van der Waals surface area contributed by atoms with E-state index in [1.807, 2.05) is 6.92 Å². The molecule has 2 aliphatic rings. The molecule has 2 fully saturated rings. The summed E-state index contributed by atoms with van der Waals surface area (Å²) in [4.78, 5) is 15.4. The van der Waals surface area contributed by atoms with Crippen LogP contribution in [0.2, 0.25) is 0 Å². The third-order valence-electron chi connectivity index (χ3n) is 5.13. The molecule has 1 aliphatic heterocycles. The van der Waals surface area contributed by atoms with Crippen molar-refractivity contribution in [3.63, 3.8) is 0 Å². The highest BCUT2D eigenvalue weighted by Crippen LogP contribution is 2.26. The summed E-state index contributed by atoms with van der Waals surface area (Å²) in [5.74, 6) is -0.303. The summed E-state index contributed by atoms with van der Waals surface area (Å²) in [5.41, 5.74) is 0.277. The van der Waals surface area contributed by atoms with Crippen LogP contribution < -0.4 is 4.72 Å². The fraction of sp³-hybridized carbons (Fsp3) is 0.421. The van der Waals surface area contributed by atoms with Crippen molar-refractivity contribution in [2.75, 3.05) is 26.2 Å². The lowest BCUT2D eigenvalue weighted by molar-refractivity contribution is 0.0697. The first-order chi connectivity index (χ1) is 14.2. The minimum Gasteiger partial charge on any atom is -0.336 e. The van der Waals surface area contributed by atoms with Crippen molar-refractivity contribution in [3.8, 4) is 0 Å². The van der Waals surface area contributed by atoms with Crippen LogP contribution in [-0.4, -0.2) is 64.2 Å². The molecule has 8 nitrogen and oxygen atoms in total. The number of aryl methyl sites for hydroxylation is 1. The summed E-state index contributed by atoms with van der Waals surface area (Å²) in [6.45, 7) is 2.76. The lowest BCUT2D eigenvalue weighted by atomic mass is 10.2. The molecule has 30 heavy (non-hydrogen) atoms. The molecule has 11 heteroatoms. The maximum Gasteiger partial charge on any atom is 0.253 e. The number of piperazine rings is 1. The number of thiophene rings is 1. The molecule has 162 valence electrons. The molecule has 4 rings (SSSR count). The maximum absolute atomic E-state index is 12.9. The van der Waals surface area contributed by atoms with E-state index in [0.717, 1.165) is 17.7 Å². The number of nitrogens with zero attached hydrogens (tertiary/aromatic N) is 2. The van der Waals surface area contributed by atoms with E-state index in [4.69, 9.17) is 0 Å². The Morgan fingerprint density at radius 1 is 1.03 bits per heavy atom. The molecular formula is C19H23N3O5S3. The van der Waals surface area contributed by atoms with Gasteiger partial charge in [0.05, 0.1) is 4.90 Å². The number of hydrogen-bond donors (Lipinski definition) is 1. The largest absolute Gasteiger partial charge is 0.336 e. The van der Waals surface area contributed by atoms with Crippen LogP contribution in [0.1, 0.15) is 28.1 Å². The molecule has 2 aromatic rings. The highest BCUT2D eigenvalue weighted by atomic mass is 32.2. The number of rotatable bonds is 6. The van der Waals surface area contributed by atoms with Crippen molar-refractivity contribution >= 4 is 37.3 Å². The van der Waals surface area contributed by atoms with Gasteiger partial charge in [-0.3, -0.25) is 4.79 Å². The van der Waals surface area contributed by atoms with Gasteiger partial charge in [0.15, 0.2) is 0 Å². The van der Waals surface area contributed by atoms with Gasteiger partial charge in [0.1, 0.15) is 4.21 Å². The van der Waals surface area contributed by atoms with Crippen molar-refractivity contribution in [1.82, 2.24) is 13.9 Å². The van der Waals surface area contributed by atoms with Crippen LogP contribution in [-0.2, 0) is 20.0 Å². The van der Waals surface area contributed by atoms with E-state index in [0.29, 0.717) is 4.21 Å². The van der Waals surface area contributed by atoms with Crippen molar-refractivity contribution in [2.45, 2.75) is 34.9 Å². The summed E-state index contributed by atoms with van der Waals surface area (Å²) in [7, 11) is -7.21. The zero-order valence-corrected chi connectivity index (χ0v) is 18.9. The first-order valence-electron chi connectivity index (χ1n) is 9.65. The number of amides is 1. The molecule has 1 aromatic carbocycles. The van der Waals surface area contributed by atoms with Crippen molar-refractivity contribution in [2.24, 2.45) is 0 Å². The molecule has 1 aromatic heterocycles. The molecule has 1 amide bonds. The molecule has 0 unspecified atom stereocenters. The van der Waals surface area contributed by atoms with Crippen LogP contribution in [0.4, 0.5) is 0 Å². The highest BCUT2D eigenvalue weighted by Gasteiger charge is 2.32. The molecule has 1 aliphatic carbocycles. The molecule has 1 saturated heterocycles. The monoisotopic (exact) mass is 469 g/mol. The molecule has 1 saturated carbocycles. The molecular weight excluding hydrogens is 446 g/mol. The zero-order valence-electron chi connectivity index (χ0n) is 16.4. The highest BCUT2D eigenvalue weighted by molar-refractivity contribution is 7.91. The lowest BCUT2D eigenvalue weighted by Crippen LogP contribution is -2.50. The molecule has 0 radical (unpaired) electrons. The summed E-state index contributed by atoms with van der Waals surface area (Å²) >= 11 is 1.23. The Hall–Kier alpha value is -1.79. The van der Waals surface area contributed by atoms with Gasteiger partial charge in [-0.25, -0.2) is 21.6 Å². The SMILES string of the molecule is Cc1ccc(S(=O)(=O)N2CCN(C(=O)c3cccc(S(=O)(=O)NC4CC4)c3)CC2)s1. The van der Waals surface area contributed by atoms with Gasteiger partial charge in [-0.2, -0.15) is 4.31 Å². The number of hydrogen-bond acceptors (Lipinski definition) is 6. The van der Waals surface area contributed by atoms with E-state index >= 15 is 0 Å². The van der Waals surface area contributed by atoms with Gasteiger partial charge in [0, 0.05) is 42.7 Å². The van der Waals surface area contributed by atoms with Gasteiger partial charge >= 0.3 is 0 Å². The zero-order chi connectivity index (χ0) is 21.5. The van der Waals surface area contributed by atoms with Gasteiger partial charge in [-0.1, -0.05) is 6.07 Å². The summed E-state index contributed by atoms with van der Waals surface area (Å²) in [5, 5.41) is 0. The quantitative estimate of drug-likeness (QED) is 0.693. The minimum absolute atomic E-state index is 0.0171. The van der Waals surface area contributed by atoms with E-state index < -0.39 is 20.0 Å². The third kappa shape index (κ3) is 4.45. The Balaban J connectivity index is 1.44. The second-order valence-corrected chi connectivity index (χ2v) is 12.7. The topological polar surface area (TPSA) is 104 Å². The fourth-order valence-electron chi connectivity index (χ4n) is 3.28. The van der Waals surface area contributed by atoms with Crippen molar-refractivity contribution in [3.05, 3.63) is 46.8 Å². The van der Waals surface area contributed by atoms with Crippen LogP contribution in [0, 0.1) is 6.92 Å². The van der Waals surface area contributed by atoms with Crippen LogP contribution in [0.25, 0.3) is 0 Å². The predicted molar refractivity (Wildman–Crippen MR) is 114 cm³/mol. The predicted octanol–water partition coefficient (Wildman–Crippen LogP) is 1.64. The number of carbonyl (C=O) groups excluding carboxylic acids is 1. The van der Waals surface area contributed by atoms with E-state index in [2.05, 4.69) is 4.72 Å². The van der Waals surface area contributed by atoms with Gasteiger partial charge in [-0.15, -0.1) is 11.3 Å². The van der Waals surface area contributed by atoms with E-state index in [1.165, 1.54) is 27.8 Å². The minimum atomic E-state index is -3.65. The average Bonchev–Trinajstić information content (AvgIpc) is 3.42. The van der Waals surface area contributed by atoms with Crippen molar-refractivity contribution in [1.29, 1.82) is 0 Å². The standard InChI is InChI=1S/C19H23N3O5S3/c1-14-5-8-18(28-14)30(26,27)22-11-9-21(10-12-22)19(23)15-3-2-4-17(13-15)29(24,25)20-16-6-7-16/h2-5,8,13,16,20H,6-7,9-12H2,1H3. The van der Waals surface area contributed by atoms with Gasteiger partial charge in [0.25, 0.3) is 15.9 Å². The van der Waals surface area contributed by atoms with Crippen LogP contribution in [0.15, 0.2) is 45.5 Å². The second kappa shape index (κ2) is 8.04. The summed E-state index contributed by atoms with van der Waals surface area (Å²) in [6.07, 6.45) is 1.66. The first-order valence-corrected chi connectivity index (χ1v) is 13.4. The molecule has 1 N–H and O–H groups in total. The fourth-order valence-corrected chi connectivity index (χ4v) is 7.49. The Morgan fingerprint density at radius 3 is 2.33 bits per heavy atom.